The smallest absolute Gasteiger partial charge is 0.261 e. The molecular weight excluding hydrogens is 368 g/mol. The molecule has 0 amide bonds. The van der Waals surface area contributed by atoms with Crippen LogP contribution in [0.1, 0.15) is 11.6 Å². The Morgan fingerprint density at radius 2 is 2.07 bits per heavy atom. The Bertz CT molecular complexity index is 1360. The minimum atomic E-state index is -0.0448. The second kappa shape index (κ2) is 5.64. The zero-order valence-electron chi connectivity index (χ0n) is 16.1. The summed E-state index contributed by atoms with van der Waals surface area (Å²) < 4.78 is 3.55. The van der Waals surface area contributed by atoms with Crippen LogP contribution < -0.4 is 10.9 Å². The minimum Gasteiger partial charge on any atom is -0.507 e. The lowest BCUT2D eigenvalue weighted by molar-refractivity contribution is 0.473. The monoisotopic (exact) mass is 388 g/mol. The van der Waals surface area contributed by atoms with Crippen molar-refractivity contribution in [3.63, 3.8) is 0 Å². The summed E-state index contributed by atoms with van der Waals surface area (Å²) in [6, 6.07) is 3.99. The first-order valence-electron chi connectivity index (χ1n) is 9.78. The molecule has 4 aromatic rings. The summed E-state index contributed by atoms with van der Waals surface area (Å²) in [5.74, 6) is 1.61. The molecule has 29 heavy (non-hydrogen) atoms. The van der Waals surface area contributed by atoms with Crippen LogP contribution in [-0.4, -0.2) is 42.5 Å². The highest BCUT2D eigenvalue weighted by molar-refractivity contribution is 5.90. The van der Waals surface area contributed by atoms with Crippen molar-refractivity contribution in [1.82, 2.24) is 29.6 Å². The number of piperidine rings is 1. The number of aryl methyl sites for hydroxylation is 2. The molecule has 146 valence electrons. The third-order valence-electron chi connectivity index (χ3n) is 6.41. The van der Waals surface area contributed by atoms with E-state index in [-0.39, 0.29) is 17.4 Å². The molecule has 8 heteroatoms. The SMILES string of the molecule is Cc1c(O)c(-c2ncc3c(=O)n(C4[C@H]5CNC[C@@H]45)ccc3n2)cc2cn(C)nc12. The van der Waals surface area contributed by atoms with Crippen molar-refractivity contribution >= 4 is 21.8 Å². The van der Waals surface area contributed by atoms with Crippen molar-refractivity contribution in [2.45, 2.75) is 13.0 Å². The van der Waals surface area contributed by atoms with E-state index in [9.17, 15) is 9.90 Å². The van der Waals surface area contributed by atoms with Crippen LogP contribution in [0, 0.1) is 18.8 Å². The van der Waals surface area contributed by atoms with Crippen LogP contribution in [0.2, 0.25) is 0 Å². The minimum absolute atomic E-state index is 0.0448. The van der Waals surface area contributed by atoms with Crippen LogP contribution in [0.5, 0.6) is 5.75 Å². The molecule has 4 heterocycles. The number of hydrogen-bond acceptors (Lipinski definition) is 6. The van der Waals surface area contributed by atoms with Gasteiger partial charge in [0.05, 0.1) is 22.0 Å². The number of fused-ring (bicyclic) bond motifs is 3. The summed E-state index contributed by atoms with van der Waals surface area (Å²) in [5, 5.41) is 19.9. The highest BCUT2D eigenvalue weighted by Gasteiger charge is 2.54. The summed E-state index contributed by atoms with van der Waals surface area (Å²) in [4.78, 5) is 22.0. The summed E-state index contributed by atoms with van der Waals surface area (Å²) in [6.45, 7) is 3.78. The maximum Gasteiger partial charge on any atom is 0.261 e. The molecule has 2 fully saturated rings. The van der Waals surface area contributed by atoms with Gasteiger partial charge in [0.25, 0.3) is 5.56 Å². The molecule has 1 saturated carbocycles. The number of rotatable bonds is 2. The number of aromatic nitrogens is 5. The summed E-state index contributed by atoms with van der Waals surface area (Å²) >= 11 is 0. The quantitative estimate of drug-likeness (QED) is 0.543. The van der Waals surface area contributed by atoms with Gasteiger partial charge in [-0.1, -0.05) is 0 Å². The first kappa shape index (κ1) is 16.7. The van der Waals surface area contributed by atoms with Gasteiger partial charge in [-0.2, -0.15) is 5.10 Å². The number of nitrogens with zero attached hydrogens (tertiary/aromatic N) is 5. The molecule has 3 atom stereocenters. The number of aromatic hydroxyl groups is 1. The summed E-state index contributed by atoms with van der Waals surface area (Å²) in [6.07, 6.45) is 5.32. The van der Waals surface area contributed by atoms with E-state index in [2.05, 4.69) is 20.4 Å². The van der Waals surface area contributed by atoms with Gasteiger partial charge in [0, 0.05) is 55.7 Å². The average Bonchev–Trinajstić information content (AvgIpc) is 3.04. The zero-order valence-corrected chi connectivity index (χ0v) is 16.1. The molecule has 8 nitrogen and oxygen atoms in total. The van der Waals surface area contributed by atoms with Crippen LogP contribution in [-0.2, 0) is 7.05 Å². The van der Waals surface area contributed by atoms with Crippen LogP contribution >= 0.6 is 0 Å². The lowest BCUT2D eigenvalue weighted by Gasteiger charge is -2.11. The first-order valence-corrected chi connectivity index (χ1v) is 9.78. The van der Waals surface area contributed by atoms with Crippen molar-refractivity contribution in [3.8, 4) is 17.1 Å². The van der Waals surface area contributed by atoms with Crippen molar-refractivity contribution in [3.05, 3.63) is 46.6 Å². The van der Waals surface area contributed by atoms with E-state index < -0.39 is 0 Å². The molecule has 1 aliphatic heterocycles. The molecule has 1 aromatic carbocycles. The molecule has 6 rings (SSSR count). The molecule has 1 aliphatic carbocycles. The Labute approximate surface area is 165 Å². The second-order valence-corrected chi connectivity index (χ2v) is 8.14. The molecular formula is C21H20N6O2. The Morgan fingerprint density at radius 3 is 2.86 bits per heavy atom. The Hall–Kier alpha value is -3.26. The van der Waals surface area contributed by atoms with E-state index in [0.29, 0.717) is 39.7 Å². The largest absolute Gasteiger partial charge is 0.507 e. The Kier molecular flexibility index (Phi) is 3.24. The predicted molar refractivity (Wildman–Crippen MR) is 109 cm³/mol. The van der Waals surface area contributed by atoms with Gasteiger partial charge in [0.15, 0.2) is 5.82 Å². The number of hydrogen-bond donors (Lipinski definition) is 2. The van der Waals surface area contributed by atoms with Crippen LogP contribution in [0.4, 0.5) is 0 Å². The first-order chi connectivity index (χ1) is 14.0. The van der Waals surface area contributed by atoms with Crippen LogP contribution in [0.3, 0.4) is 0 Å². The fraction of sp³-hybridized carbons (Fsp3) is 0.333. The van der Waals surface area contributed by atoms with E-state index >= 15 is 0 Å². The molecule has 0 bridgehead atoms. The van der Waals surface area contributed by atoms with Gasteiger partial charge >= 0.3 is 0 Å². The second-order valence-electron chi connectivity index (χ2n) is 8.14. The van der Waals surface area contributed by atoms with Crippen molar-refractivity contribution in [1.29, 1.82) is 0 Å². The molecule has 0 radical (unpaired) electrons. The lowest BCUT2D eigenvalue weighted by atomic mass is 10.1. The van der Waals surface area contributed by atoms with Gasteiger partial charge < -0.3 is 15.0 Å². The highest BCUT2D eigenvalue weighted by atomic mass is 16.3. The normalized spacial score (nSPS) is 23.0. The predicted octanol–water partition coefficient (Wildman–Crippen LogP) is 1.75. The van der Waals surface area contributed by atoms with Gasteiger partial charge in [-0.3, -0.25) is 9.48 Å². The highest BCUT2D eigenvalue weighted by Crippen LogP contribution is 2.51. The maximum absolute atomic E-state index is 13.0. The number of pyridine rings is 1. The van der Waals surface area contributed by atoms with Gasteiger partial charge in [-0.25, -0.2) is 9.97 Å². The number of phenolic OH excluding ortho intramolecular Hbond substituents is 1. The van der Waals surface area contributed by atoms with Crippen molar-refractivity contribution in [2.75, 3.05) is 13.1 Å². The molecule has 2 aliphatic rings. The molecule has 2 N–H and O–H groups in total. The average molecular weight is 388 g/mol. The lowest BCUT2D eigenvalue weighted by Crippen LogP contribution is -2.24. The van der Waals surface area contributed by atoms with Crippen molar-refractivity contribution in [2.24, 2.45) is 18.9 Å². The van der Waals surface area contributed by atoms with Crippen LogP contribution in [0.25, 0.3) is 33.2 Å². The van der Waals surface area contributed by atoms with E-state index in [0.717, 1.165) is 24.0 Å². The topological polar surface area (TPSA) is 97.9 Å². The molecule has 1 saturated heterocycles. The van der Waals surface area contributed by atoms with E-state index in [1.165, 1.54) is 0 Å². The number of benzene rings is 1. The maximum atomic E-state index is 13.0. The van der Waals surface area contributed by atoms with E-state index in [1.54, 1.807) is 10.9 Å². The van der Waals surface area contributed by atoms with Gasteiger partial charge in [-0.15, -0.1) is 0 Å². The summed E-state index contributed by atoms with van der Waals surface area (Å²) in [5.41, 5.74) is 2.52. The molecule has 0 spiro atoms. The third kappa shape index (κ3) is 2.29. The van der Waals surface area contributed by atoms with Crippen LogP contribution in [0.15, 0.2) is 35.5 Å². The zero-order chi connectivity index (χ0) is 19.9. The van der Waals surface area contributed by atoms with Gasteiger partial charge in [-0.05, 0) is 30.9 Å². The standard InChI is InChI=1S/C21H20N6O2/c1-10-17-11(9-26(2)25-17)5-12(19(10)28)20-23-8-15-16(24-20)3-4-27(21(15)29)18-13-6-22-7-14(13)18/h3-5,8-9,13-14,18,22,28H,6-7H2,1-2H3/t13-,14+,18?. The molecule has 1 unspecified atom stereocenters. The van der Waals surface area contributed by atoms with Gasteiger partial charge in [0.1, 0.15) is 5.75 Å². The Balaban J connectivity index is 1.47. The van der Waals surface area contributed by atoms with E-state index in [1.807, 2.05) is 43.1 Å². The molecule has 3 aromatic heterocycles. The van der Waals surface area contributed by atoms with Gasteiger partial charge in [0.2, 0.25) is 0 Å². The fourth-order valence-electron chi connectivity index (χ4n) is 4.82. The summed E-state index contributed by atoms with van der Waals surface area (Å²) in [7, 11) is 1.85. The Morgan fingerprint density at radius 1 is 1.28 bits per heavy atom. The van der Waals surface area contributed by atoms with E-state index in [4.69, 9.17) is 0 Å². The number of phenols is 1. The number of nitrogens with one attached hydrogen (secondary N) is 1. The van der Waals surface area contributed by atoms with Crippen molar-refractivity contribution < 1.29 is 5.11 Å². The fourth-order valence-corrected chi connectivity index (χ4v) is 4.82. The third-order valence-corrected chi connectivity index (χ3v) is 6.41.